The Morgan fingerprint density at radius 1 is 1.47 bits per heavy atom. The van der Waals surface area contributed by atoms with Crippen molar-refractivity contribution in [1.29, 1.82) is 0 Å². The van der Waals surface area contributed by atoms with E-state index in [9.17, 15) is 0 Å². The van der Waals surface area contributed by atoms with E-state index in [4.69, 9.17) is 5.73 Å². The second kappa shape index (κ2) is 4.77. The molecule has 0 spiro atoms. The number of benzene rings is 1. The van der Waals surface area contributed by atoms with E-state index in [2.05, 4.69) is 36.5 Å². The fraction of sp³-hybridized carbons (Fsp3) is 0.538. The Morgan fingerprint density at radius 2 is 2.33 bits per heavy atom. The molecule has 1 heterocycles. The molecule has 1 aliphatic heterocycles. The van der Waals surface area contributed by atoms with Crippen molar-refractivity contribution in [2.24, 2.45) is 11.7 Å². The Morgan fingerprint density at radius 3 is 3.07 bits per heavy atom. The van der Waals surface area contributed by atoms with Gasteiger partial charge in [-0.05, 0) is 44.3 Å². The number of hydrogen-bond donors (Lipinski definition) is 2. The van der Waals surface area contributed by atoms with Gasteiger partial charge in [-0.3, -0.25) is 0 Å². The summed E-state index contributed by atoms with van der Waals surface area (Å²) < 4.78 is 0. The van der Waals surface area contributed by atoms with E-state index in [0.29, 0.717) is 12.0 Å². The average molecular weight is 204 g/mol. The van der Waals surface area contributed by atoms with E-state index in [1.807, 2.05) is 0 Å². The zero-order valence-corrected chi connectivity index (χ0v) is 9.37. The molecule has 2 atom stereocenters. The van der Waals surface area contributed by atoms with Crippen LogP contribution in [0.3, 0.4) is 0 Å². The van der Waals surface area contributed by atoms with Gasteiger partial charge < -0.3 is 11.1 Å². The lowest BCUT2D eigenvalue weighted by Crippen LogP contribution is -2.33. The van der Waals surface area contributed by atoms with Gasteiger partial charge in [-0.2, -0.15) is 0 Å². The molecule has 15 heavy (non-hydrogen) atoms. The maximum Gasteiger partial charge on any atom is 0.0148 e. The Hall–Kier alpha value is -0.860. The molecular formula is C13H20N2. The summed E-state index contributed by atoms with van der Waals surface area (Å²) in [6, 6.07) is 9.34. The fourth-order valence-electron chi connectivity index (χ4n) is 2.44. The number of hydrogen-bond acceptors (Lipinski definition) is 2. The van der Waals surface area contributed by atoms with E-state index < -0.39 is 0 Å². The summed E-state index contributed by atoms with van der Waals surface area (Å²) in [6.07, 6.45) is 2.34. The average Bonchev–Trinajstić information content (AvgIpc) is 2.65. The van der Waals surface area contributed by atoms with Crippen molar-refractivity contribution in [3.8, 4) is 0 Å². The Labute approximate surface area is 91.9 Å². The van der Waals surface area contributed by atoms with Gasteiger partial charge in [0.2, 0.25) is 0 Å². The minimum atomic E-state index is 0.580. The van der Waals surface area contributed by atoms with Crippen LogP contribution < -0.4 is 11.1 Å². The maximum atomic E-state index is 5.77. The molecule has 2 unspecified atom stereocenters. The molecule has 2 nitrogen and oxygen atoms in total. The van der Waals surface area contributed by atoms with Crippen LogP contribution in [-0.4, -0.2) is 19.1 Å². The topological polar surface area (TPSA) is 38.0 Å². The third kappa shape index (κ3) is 2.58. The van der Waals surface area contributed by atoms with Crippen LogP contribution >= 0.6 is 0 Å². The van der Waals surface area contributed by atoms with E-state index in [0.717, 1.165) is 19.5 Å². The predicted octanol–water partition coefficient (Wildman–Crippen LogP) is 1.47. The summed E-state index contributed by atoms with van der Waals surface area (Å²) in [5.41, 5.74) is 8.53. The lowest BCUT2D eigenvalue weighted by molar-refractivity contribution is 0.454. The molecule has 0 aliphatic carbocycles. The number of nitrogens with two attached hydrogens (primary N) is 1. The summed E-state index contributed by atoms with van der Waals surface area (Å²) in [4.78, 5) is 0. The molecule has 1 fully saturated rings. The van der Waals surface area contributed by atoms with E-state index in [1.54, 1.807) is 0 Å². The molecule has 1 aromatic carbocycles. The molecule has 0 bridgehead atoms. The standard InChI is InChI=1S/C13H20N2/c1-10-3-2-4-11(7-10)8-13-12(9-14)5-6-15-13/h2-4,7,12-13,15H,5-6,8-9,14H2,1H3. The highest BCUT2D eigenvalue weighted by Crippen LogP contribution is 2.18. The Balaban J connectivity index is 2.02. The van der Waals surface area contributed by atoms with E-state index in [1.165, 1.54) is 17.5 Å². The lowest BCUT2D eigenvalue weighted by Gasteiger charge is -2.18. The van der Waals surface area contributed by atoms with Gasteiger partial charge in [0.1, 0.15) is 0 Å². The molecule has 1 aliphatic rings. The third-order valence-electron chi connectivity index (χ3n) is 3.33. The SMILES string of the molecule is Cc1cccc(CC2NCCC2CN)c1. The highest BCUT2D eigenvalue weighted by atomic mass is 15.0. The minimum Gasteiger partial charge on any atom is -0.330 e. The van der Waals surface area contributed by atoms with Crippen LogP contribution in [-0.2, 0) is 6.42 Å². The zero-order chi connectivity index (χ0) is 10.7. The summed E-state index contributed by atoms with van der Waals surface area (Å²) >= 11 is 0. The highest BCUT2D eigenvalue weighted by molar-refractivity contribution is 5.23. The molecule has 3 N–H and O–H groups in total. The van der Waals surface area contributed by atoms with Crippen LogP contribution in [0.15, 0.2) is 24.3 Å². The third-order valence-corrected chi connectivity index (χ3v) is 3.33. The fourth-order valence-corrected chi connectivity index (χ4v) is 2.44. The quantitative estimate of drug-likeness (QED) is 0.782. The van der Waals surface area contributed by atoms with Gasteiger partial charge in [0.25, 0.3) is 0 Å². The molecule has 2 rings (SSSR count). The van der Waals surface area contributed by atoms with Gasteiger partial charge in [0.15, 0.2) is 0 Å². The largest absolute Gasteiger partial charge is 0.330 e. The van der Waals surface area contributed by atoms with Crippen LogP contribution in [0.4, 0.5) is 0 Å². The second-order valence-corrected chi connectivity index (χ2v) is 4.54. The van der Waals surface area contributed by atoms with Gasteiger partial charge in [0, 0.05) is 6.04 Å². The summed E-state index contributed by atoms with van der Waals surface area (Å²) in [5, 5.41) is 3.55. The first kappa shape index (κ1) is 10.7. The van der Waals surface area contributed by atoms with Crippen LogP contribution in [0.5, 0.6) is 0 Å². The molecular weight excluding hydrogens is 184 g/mol. The van der Waals surface area contributed by atoms with Gasteiger partial charge in [-0.25, -0.2) is 0 Å². The van der Waals surface area contributed by atoms with Crippen molar-refractivity contribution in [2.45, 2.75) is 25.8 Å². The Kier molecular flexibility index (Phi) is 3.39. The van der Waals surface area contributed by atoms with Crippen molar-refractivity contribution in [3.63, 3.8) is 0 Å². The number of rotatable bonds is 3. The molecule has 0 saturated carbocycles. The predicted molar refractivity (Wildman–Crippen MR) is 63.8 cm³/mol. The van der Waals surface area contributed by atoms with E-state index in [-0.39, 0.29) is 0 Å². The van der Waals surface area contributed by atoms with Crippen LogP contribution in [0.1, 0.15) is 17.5 Å². The molecule has 1 aromatic rings. The highest BCUT2D eigenvalue weighted by Gasteiger charge is 2.25. The van der Waals surface area contributed by atoms with E-state index >= 15 is 0 Å². The minimum absolute atomic E-state index is 0.580. The van der Waals surface area contributed by atoms with Crippen molar-refractivity contribution in [1.82, 2.24) is 5.32 Å². The second-order valence-electron chi connectivity index (χ2n) is 4.54. The first-order valence-electron chi connectivity index (χ1n) is 5.78. The van der Waals surface area contributed by atoms with Crippen molar-refractivity contribution in [3.05, 3.63) is 35.4 Å². The smallest absolute Gasteiger partial charge is 0.0148 e. The molecule has 0 aromatic heterocycles. The molecule has 0 radical (unpaired) electrons. The molecule has 82 valence electrons. The monoisotopic (exact) mass is 204 g/mol. The molecule has 0 amide bonds. The maximum absolute atomic E-state index is 5.77. The van der Waals surface area contributed by atoms with Gasteiger partial charge in [0.05, 0.1) is 0 Å². The molecule has 1 saturated heterocycles. The Bertz CT molecular complexity index is 322. The normalized spacial score (nSPS) is 25.7. The summed E-state index contributed by atoms with van der Waals surface area (Å²) in [5.74, 6) is 0.658. The first-order chi connectivity index (χ1) is 7.29. The van der Waals surface area contributed by atoms with Gasteiger partial charge >= 0.3 is 0 Å². The van der Waals surface area contributed by atoms with Gasteiger partial charge in [-0.1, -0.05) is 29.8 Å². The zero-order valence-electron chi connectivity index (χ0n) is 9.37. The number of nitrogens with one attached hydrogen (secondary N) is 1. The van der Waals surface area contributed by atoms with Crippen LogP contribution in [0.2, 0.25) is 0 Å². The van der Waals surface area contributed by atoms with Crippen molar-refractivity contribution < 1.29 is 0 Å². The summed E-state index contributed by atoms with van der Waals surface area (Å²) in [7, 11) is 0. The lowest BCUT2D eigenvalue weighted by atomic mass is 9.94. The first-order valence-corrected chi connectivity index (χ1v) is 5.78. The van der Waals surface area contributed by atoms with Crippen molar-refractivity contribution in [2.75, 3.05) is 13.1 Å². The van der Waals surface area contributed by atoms with Gasteiger partial charge in [-0.15, -0.1) is 0 Å². The van der Waals surface area contributed by atoms with Crippen LogP contribution in [0.25, 0.3) is 0 Å². The van der Waals surface area contributed by atoms with Crippen LogP contribution in [0, 0.1) is 12.8 Å². The number of aryl methyl sites for hydroxylation is 1. The summed E-state index contributed by atoms with van der Waals surface area (Å²) in [6.45, 7) is 4.08. The molecule has 2 heteroatoms. The van der Waals surface area contributed by atoms with Crippen molar-refractivity contribution >= 4 is 0 Å².